The van der Waals surface area contributed by atoms with Crippen molar-refractivity contribution in [1.29, 1.82) is 0 Å². The lowest BCUT2D eigenvalue weighted by Gasteiger charge is -2.33. The number of carbonyl (C=O) groups excluding carboxylic acids is 1. The van der Waals surface area contributed by atoms with Gasteiger partial charge in [-0.15, -0.1) is 0 Å². The standard InChI is InChI=1S/C19H27FN4O2/c1-4-6-16(14(5-2)19(26)21-3)23-18-8-7-13(11-22-18)24-10-9-15(20)17(25)12-24/h4,6-8,11,15,17,25H,5,9-10,12H2,1-3H3,(H,21,26)(H,22,23)/b6-4-,16-14-/t15-,17-/m0/s1. The molecule has 0 saturated carbocycles. The van der Waals surface area contributed by atoms with Crippen molar-refractivity contribution in [2.75, 3.05) is 30.4 Å². The summed E-state index contributed by atoms with van der Waals surface area (Å²) in [6.07, 6.45) is 4.15. The van der Waals surface area contributed by atoms with Crippen LogP contribution in [0, 0.1) is 0 Å². The number of amides is 1. The molecule has 2 rings (SSSR count). The predicted octanol–water partition coefficient (Wildman–Crippen LogP) is 2.39. The van der Waals surface area contributed by atoms with Gasteiger partial charge in [0.25, 0.3) is 0 Å². The van der Waals surface area contributed by atoms with Crippen LogP contribution in [0.4, 0.5) is 15.9 Å². The van der Waals surface area contributed by atoms with Crippen molar-refractivity contribution in [1.82, 2.24) is 10.3 Å². The number of β-amino-alcohol motifs (C(OH)–C–C–N with tert-alkyl or cyclic N) is 1. The number of halogens is 1. The number of anilines is 2. The maximum atomic E-state index is 13.4. The summed E-state index contributed by atoms with van der Waals surface area (Å²) in [5.41, 5.74) is 2.17. The number of rotatable bonds is 6. The van der Waals surface area contributed by atoms with Crippen LogP contribution in [0.25, 0.3) is 0 Å². The fourth-order valence-corrected chi connectivity index (χ4v) is 2.93. The molecule has 1 amide bonds. The Morgan fingerprint density at radius 1 is 1.50 bits per heavy atom. The molecule has 1 aromatic rings. The van der Waals surface area contributed by atoms with E-state index in [-0.39, 0.29) is 12.5 Å². The second kappa shape index (κ2) is 9.33. The zero-order chi connectivity index (χ0) is 19.1. The Bertz CT molecular complexity index is 673. The fraction of sp³-hybridized carbons (Fsp3) is 0.474. The summed E-state index contributed by atoms with van der Waals surface area (Å²) in [6, 6.07) is 3.68. The van der Waals surface area contributed by atoms with E-state index in [4.69, 9.17) is 0 Å². The van der Waals surface area contributed by atoms with E-state index in [2.05, 4.69) is 15.6 Å². The van der Waals surface area contributed by atoms with E-state index in [0.29, 0.717) is 36.5 Å². The summed E-state index contributed by atoms with van der Waals surface area (Å²) >= 11 is 0. The molecule has 1 saturated heterocycles. The molecule has 3 N–H and O–H groups in total. The number of hydrogen-bond acceptors (Lipinski definition) is 5. The maximum absolute atomic E-state index is 13.4. The topological polar surface area (TPSA) is 77.5 Å². The van der Waals surface area contributed by atoms with Crippen molar-refractivity contribution >= 4 is 17.4 Å². The van der Waals surface area contributed by atoms with Gasteiger partial charge in [-0.25, -0.2) is 9.37 Å². The van der Waals surface area contributed by atoms with Crippen LogP contribution in [0.15, 0.2) is 41.8 Å². The third-order valence-corrected chi connectivity index (χ3v) is 4.39. The van der Waals surface area contributed by atoms with Crippen LogP contribution in [-0.2, 0) is 4.79 Å². The number of alkyl halides is 1. The van der Waals surface area contributed by atoms with E-state index in [0.717, 1.165) is 5.69 Å². The second-order valence-electron chi connectivity index (χ2n) is 6.17. The summed E-state index contributed by atoms with van der Waals surface area (Å²) in [5.74, 6) is 0.477. The summed E-state index contributed by atoms with van der Waals surface area (Å²) in [4.78, 5) is 18.4. The molecular weight excluding hydrogens is 335 g/mol. The molecule has 1 aliphatic rings. The number of hydrogen-bond donors (Lipinski definition) is 3. The number of piperidine rings is 1. The fourth-order valence-electron chi connectivity index (χ4n) is 2.93. The minimum absolute atomic E-state index is 0.132. The Balaban J connectivity index is 2.16. The zero-order valence-electron chi connectivity index (χ0n) is 15.5. The highest BCUT2D eigenvalue weighted by molar-refractivity contribution is 5.94. The number of nitrogens with zero attached hydrogens (tertiary/aromatic N) is 2. The Hall–Kier alpha value is -2.41. The van der Waals surface area contributed by atoms with Gasteiger partial charge in [-0.3, -0.25) is 4.79 Å². The van der Waals surface area contributed by atoms with Crippen molar-refractivity contribution in [2.45, 2.75) is 39.0 Å². The number of aliphatic hydroxyl groups is 1. The lowest BCUT2D eigenvalue weighted by molar-refractivity contribution is -0.117. The lowest BCUT2D eigenvalue weighted by Crippen LogP contribution is -2.45. The Morgan fingerprint density at radius 3 is 2.81 bits per heavy atom. The van der Waals surface area contributed by atoms with E-state index >= 15 is 0 Å². The first-order valence-electron chi connectivity index (χ1n) is 8.88. The SMILES string of the molecule is C/C=C\C(Nc1ccc(N2CC[C@H](F)[C@@H](O)C2)cn1)=C(/CC)C(=O)NC. The highest BCUT2D eigenvalue weighted by Crippen LogP contribution is 2.23. The van der Waals surface area contributed by atoms with Gasteiger partial charge in [0.2, 0.25) is 5.91 Å². The van der Waals surface area contributed by atoms with Crippen LogP contribution < -0.4 is 15.5 Å². The molecule has 1 fully saturated rings. The molecule has 0 bridgehead atoms. The van der Waals surface area contributed by atoms with Crippen molar-refractivity contribution in [3.8, 4) is 0 Å². The molecular formula is C19H27FN4O2. The first-order valence-corrected chi connectivity index (χ1v) is 8.88. The van der Waals surface area contributed by atoms with E-state index < -0.39 is 12.3 Å². The van der Waals surface area contributed by atoms with Gasteiger partial charge in [0.1, 0.15) is 18.1 Å². The molecule has 2 atom stereocenters. The average Bonchev–Trinajstić information content (AvgIpc) is 2.65. The van der Waals surface area contributed by atoms with Gasteiger partial charge >= 0.3 is 0 Å². The van der Waals surface area contributed by atoms with Crippen LogP contribution >= 0.6 is 0 Å². The first kappa shape index (κ1) is 19.9. The number of aromatic nitrogens is 1. The highest BCUT2D eigenvalue weighted by atomic mass is 19.1. The molecule has 7 heteroatoms. The average molecular weight is 362 g/mol. The second-order valence-corrected chi connectivity index (χ2v) is 6.17. The molecule has 0 aliphatic carbocycles. The molecule has 6 nitrogen and oxygen atoms in total. The van der Waals surface area contributed by atoms with Crippen molar-refractivity contribution in [3.05, 3.63) is 41.8 Å². The van der Waals surface area contributed by atoms with Crippen molar-refractivity contribution < 1.29 is 14.3 Å². The number of pyridine rings is 1. The molecule has 142 valence electrons. The number of aliphatic hydroxyl groups excluding tert-OH is 1. The predicted molar refractivity (Wildman–Crippen MR) is 102 cm³/mol. The molecule has 0 spiro atoms. The third kappa shape index (κ3) is 4.82. The highest BCUT2D eigenvalue weighted by Gasteiger charge is 2.27. The zero-order valence-corrected chi connectivity index (χ0v) is 15.5. The molecule has 0 aromatic carbocycles. The molecule has 0 unspecified atom stereocenters. The van der Waals surface area contributed by atoms with Gasteiger partial charge < -0.3 is 20.6 Å². The van der Waals surface area contributed by atoms with Gasteiger partial charge in [-0.1, -0.05) is 13.0 Å². The molecule has 1 aromatic heterocycles. The number of likely N-dealkylation sites (N-methyl/N-ethyl adjacent to an activating group) is 1. The van der Waals surface area contributed by atoms with Crippen LogP contribution in [0.1, 0.15) is 26.7 Å². The summed E-state index contributed by atoms with van der Waals surface area (Å²) < 4.78 is 13.4. The van der Waals surface area contributed by atoms with Gasteiger partial charge in [0.05, 0.1) is 11.9 Å². The maximum Gasteiger partial charge on any atom is 0.249 e. The van der Waals surface area contributed by atoms with Gasteiger partial charge in [0, 0.05) is 31.4 Å². The van der Waals surface area contributed by atoms with Crippen LogP contribution in [0.5, 0.6) is 0 Å². The van der Waals surface area contributed by atoms with Crippen molar-refractivity contribution in [2.24, 2.45) is 0 Å². The Morgan fingerprint density at radius 2 is 2.27 bits per heavy atom. The Kier molecular flexibility index (Phi) is 7.15. The third-order valence-electron chi connectivity index (χ3n) is 4.39. The monoisotopic (exact) mass is 362 g/mol. The van der Waals surface area contributed by atoms with Crippen LogP contribution in [-0.4, -0.2) is 48.4 Å². The number of nitrogens with one attached hydrogen (secondary N) is 2. The molecule has 2 heterocycles. The smallest absolute Gasteiger partial charge is 0.249 e. The lowest BCUT2D eigenvalue weighted by atomic mass is 10.1. The van der Waals surface area contributed by atoms with Crippen LogP contribution in [0.3, 0.4) is 0 Å². The van der Waals surface area contributed by atoms with E-state index in [9.17, 15) is 14.3 Å². The largest absolute Gasteiger partial charge is 0.388 e. The first-order chi connectivity index (χ1) is 12.5. The normalized spacial score (nSPS) is 21.5. The minimum Gasteiger partial charge on any atom is -0.388 e. The van der Waals surface area contributed by atoms with E-state index in [1.165, 1.54) is 0 Å². The molecule has 26 heavy (non-hydrogen) atoms. The molecule has 1 aliphatic heterocycles. The number of carbonyl (C=O) groups is 1. The van der Waals surface area contributed by atoms with Gasteiger partial charge in [-0.05, 0) is 38.0 Å². The van der Waals surface area contributed by atoms with Crippen LogP contribution in [0.2, 0.25) is 0 Å². The quantitative estimate of drug-likeness (QED) is 0.535. The Labute approximate surface area is 153 Å². The van der Waals surface area contributed by atoms with E-state index in [1.807, 2.05) is 43.0 Å². The summed E-state index contributed by atoms with van der Waals surface area (Å²) in [5, 5.41) is 15.5. The molecule has 0 radical (unpaired) electrons. The van der Waals surface area contributed by atoms with Crippen molar-refractivity contribution in [3.63, 3.8) is 0 Å². The summed E-state index contributed by atoms with van der Waals surface area (Å²) in [6.45, 7) is 4.62. The van der Waals surface area contributed by atoms with E-state index in [1.54, 1.807) is 13.2 Å². The minimum atomic E-state index is -1.16. The van der Waals surface area contributed by atoms with Gasteiger partial charge in [-0.2, -0.15) is 0 Å². The van der Waals surface area contributed by atoms with Gasteiger partial charge in [0.15, 0.2) is 0 Å². The summed E-state index contributed by atoms with van der Waals surface area (Å²) in [7, 11) is 1.60. The number of allylic oxidation sites excluding steroid dienone is 2.